The van der Waals surface area contributed by atoms with Gasteiger partial charge in [-0.05, 0) is 29.9 Å². The van der Waals surface area contributed by atoms with Gasteiger partial charge in [0.05, 0.1) is 16.7 Å². The Kier molecular flexibility index (Phi) is 5.27. The predicted molar refractivity (Wildman–Crippen MR) is 85.0 cm³/mol. The van der Waals surface area contributed by atoms with Gasteiger partial charge in [-0.15, -0.1) is 11.8 Å². The molecular formula is C15H15BrN2OS. The van der Waals surface area contributed by atoms with Crippen LogP contribution in [0.2, 0.25) is 0 Å². The lowest BCUT2D eigenvalue weighted by Crippen LogP contribution is -2.30. The molecule has 0 fully saturated rings. The van der Waals surface area contributed by atoms with Crippen LogP contribution in [0.5, 0.6) is 0 Å². The highest BCUT2D eigenvalue weighted by Crippen LogP contribution is 2.36. The van der Waals surface area contributed by atoms with E-state index >= 15 is 0 Å². The van der Waals surface area contributed by atoms with Crippen molar-refractivity contribution >= 4 is 33.6 Å². The summed E-state index contributed by atoms with van der Waals surface area (Å²) in [6.07, 6.45) is 1.34. The zero-order valence-corrected chi connectivity index (χ0v) is 13.6. The summed E-state index contributed by atoms with van der Waals surface area (Å²) in [5.74, 6) is 0.741. The number of halogens is 1. The maximum Gasteiger partial charge on any atom is 0.225 e. The maximum absolute atomic E-state index is 11.9. The Morgan fingerprint density at radius 3 is 2.75 bits per heavy atom. The molecule has 1 heterocycles. The molecule has 0 unspecified atom stereocenters. The van der Waals surface area contributed by atoms with E-state index in [1.165, 1.54) is 0 Å². The van der Waals surface area contributed by atoms with E-state index in [9.17, 15) is 10.1 Å². The number of hydrogen-bond donors (Lipinski definition) is 1. The van der Waals surface area contributed by atoms with E-state index in [4.69, 9.17) is 0 Å². The van der Waals surface area contributed by atoms with Crippen molar-refractivity contribution in [3.8, 4) is 6.07 Å². The second-order valence-electron chi connectivity index (χ2n) is 4.56. The van der Waals surface area contributed by atoms with Crippen molar-refractivity contribution < 1.29 is 4.79 Å². The molecule has 5 heteroatoms. The number of nitrogens with zero attached hydrogens (tertiary/aromatic N) is 1. The number of carbonyl (C=O) groups is 1. The molecule has 0 bridgehead atoms. The molecule has 0 saturated heterocycles. The normalized spacial score (nSPS) is 18.6. The summed E-state index contributed by atoms with van der Waals surface area (Å²) in [5, 5.41) is 13.0. The van der Waals surface area contributed by atoms with Crippen molar-refractivity contribution in [1.82, 2.24) is 5.32 Å². The Hall–Kier alpha value is -1.25. The Bertz CT molecular complexity index is 575. The summed E-state index contributed by atoms with van der Waals surface area (Å²) >= 11 is 4.95. The van der Waals surface area contributed by atoms with Gasteiger partial charge in [-0.3, -0.25) is 4.79 Å². The molecule has 20 heavy (non-hydrogen) atoms. The van der Waals surface area contributed by atoms with Gasteiger partial charge < -0.3 is 5.32 Å². The van der Waals surface area contributed by atoms with Crippen LogP contribution in [0.1, 0.15) is 31.2 Å². The average molecular weight is 351 g/mol. The van der Waals surface area contributed by atoms with E-state index in [2.05, 4.69) is 34.2 Å². The van der Waals surface area contributed by atoms with Crippen LogP contribution < -0.4 is 5.32 Å². The van der Waals surface area contributed by atoms with E-state index in [1.807, 2.05) is 24.3 Å². The minimum Gasteiger partial charge on any atom is -0.320 e. The molecule has 0 radical (unpaired) electrons. The van der Waals surface area contributed by atoms with Gasteiger partial charge in [0.25, 0.3) is 0 Å². The van der Waals surface area contributed by atoms with Crippen molar-refractivity contribution in [2.24, 2.45) is 0 Å². The second kappa shape index (κ2) is 6.96. The van der Waals surface area contributed by atoms with E-state index in [-0.39, 0.29) is 11.8 Å². The van der Waals surface area contributed by atoms with Crippen LogP contribution in [-0.4, -0.2) is 11.7 Å². The van der Waals surface area contributed by atoms with E-state index < -0.39 is 0 Å². The molecule has 0 spiro atoms. The first kappa shape index (κ1) is 15.1. The van der Waals surface area contributed by atoms with Crippen LogP contribution in [0.25, 0.3) is 0 Å². The summed E-state index contributed by atoms with van der Waals surface area (Å²) in [7, 11) is 0. The number of allylic oxidation sites excluding steroid dienone is 1. The molecule has 3 nitrogen and oxygen atoms in total. The van der Waals surface area contributed by atoms with Gasteiger partial charge in [0.2, 0.25) is 5.91 Å². The van der Waals surface area contributed by atoms with E-state index in [1.54, 1.807) is 11.8 Å². The quantitative estimate of drug-likeness (QED) is 0.894. The lowest BCUT2D eigenvalue weighted by molar-refractivity contribution is -0.120. The number of nitrogens with one attached hydrogen (secondary N) is 1. The monoisotopic (exact) mass is 350 g/mol. The lowest BCUT2D eigenvalue weighted by Gasteiger charge is -2.25. The van der Waals surface area contributed by atoms with Gasteiger partial charge in [0, 0.05) is 16.8 Å². The standard InChI is InChI=1S/C15H15BrN2OS/c1-2-7-20-15-13(9-17)12(8-14(19)18-15)10-3-5-11(16)6-4-10/h3-6,12H,2,7-8H2,1H3,(H,18,19)/t12-/m1/s1. The van der Waals surface area contributed by atoms with E-state index in [0.717, 1.165) is 27.2 Å². The molecule has 1 aliphatic heterocycles. The highest BCUT2D eigenvalue weighted by molar-refractivity contribution is 9.10. The number of benzene rings is 1. The SMILES string of the molecule is CCCSC1=C(C#N)[C@@H](c2ccc(Br)cc2)CC(=O)N1. The fraction of sp³-hybridized carbons (Fsp3) is 0.333. The third kappa shape index (κ3) is 3.44. The van der Waals surface area contributed by atoms with Gasteiger partial charge in [-0.2, -0.15) is 5.26 Å². The summed E-state index contributed by atoms with van der Waals surface area (Å²) in [6, 6.07) is 10.1. The van der Waals surface area contributed by atoms with Gasteiger partial charge in [-0.25, -0.2) is 0 Å². The molecule has 1 aromatic carbocycles. The number of amides is 1. The molecule has 0 aliphatic carbocycles. The molecule has 1 aromatic rings. The number of carbonyl (C=O) groups excluding carboxylic acids is 1. The Labute approximate surface area is 131 Å². The highest BCUT2D eigenvalue weighted by Gasteiger charge is 2.29. The summed E-state index contributed by atoms with van der Waals surface area (Å²) < 4.78 is 0.990. The highest BCUT2D eigenvalue weighted by atomic mass is 79.9. The smallest absolute Gasteiger partial charge is 0.225 e. The molecule has 1 amide bonds. The first-order valence-corrected chi connectivity index (χ1v) is 8.26. The van der Waals surface area contributed by atoms with Crippen LogP contribution in [0.15, 0.2) is 39.3 Å². The third-order valence-electron chi connectivity index (χ3n) is 3.08. The minimum atomic E-state index is -0.138. The number of rotatable bonds is 4. The van der Waals surface area contributed by atoms with Gasteiger partial charge >= 0.3 is 0 Å². The summed E-state index contributed by atoms with van der Waals surface area (Å²) in [6.45, 7) is 2.08. The van der Waals surface area contributed by atoms with Crippen LogP contribution >= 0.6 is 27.7 Å². The fourth-order valence-corrected chi connectivity index (χ4v) is 3.32. The topological polar surface area (TPSA) is 52.9 Å². The lowest BCUT2D eigenvalue weighted by atomic mass is 9.87. The zero-order valence-electron chi connectivity index (χ0n) is 11.1. The van der Waals surface area contributed by atoms with Gasteiger partial charge in [-0.1, -0.05) is 35.0 Å². The van der Waals surface area contributed by atoms with Crippen molar-refractivity contribution in [2.45, 2.75) is 25.7 Å². The van der Waals surface area contributed by atoms with Crippen molar-refractivity contribution in [3.05, 3.63) is 44.9 Å². The average Bonchev–Trinajstić information content (AvgIpc) is 2.45. The summed E-state index contributed by atoms with van der Waals surface area (Å²) in [4.78, 5) is 11.9. The van der Waals surface area contributed by atoms with Crippen LogP contribution in [0.4, 0.5) is 0 Å². The molecule has 1 aliphatic rings. The van der Waals surface area contributed by atoms with Crippen LogP contribution in [0, 0.1) is 11.3 Å². The Balaban J connectivity index is 2.37. The second-order valence-corrected chi connectivity index (χ2v) is 6.58. The molecule has 2 rings (SSSR count). The first-order valence-electron chi connectivity index (χ1n) is 6.48. The first-order chi connectivity index (χ1) is 9.65. The number of thioether (sulfide) groups is 1. The molecule has 1 N–H and O–H groups in total. The minimum absolute atomic E-state index is 0.0180. The van der Waals surface area contributed by atoms with Crippen LogP contribution in [-0.2, 0) is 4.79 Å². The van der Waals surface area contributed by atoms with Gasteiger partial charge in [0.1, 0.15) is 0 Å². The Morgan fingerprint density at radius 1 is 1.45 bits per heavy atom. The third-order valence-corrected chi connectivity index (χ3v) is 4.83. The molecule has 1 atom stereocenters. The largest absolute Gasteiger partial charge is 0.320 e. The van der Waals surface area contributed by atoms with Crippen molar-refractivity contribution in [1.29, 1.82) is 5.26 Å². The zero-order chi connectivity index (χ0) is 14.5. The Morgan fingerprint density at radius 2 is 2.15 bits per heavy atom. The molecule has 0 aromatic heterocycles. The van der Waals surface area contributed by atoms with Gasteiger partial charge in [0.15, 0.2) is 0 Å². The number of hydrogen-bond acceptors (Lipinski definition) is 3. The van der Waals surface area contributed by atoms with E-state index in [0.29, 0.717) is 12.0 Å². The van der Waals surface area contributed by atoms with Crippen molar-refractivity contribution in [2.75, 3.05) is 5.75 Å². The molecule has 0 saturated carbocycles. The number of nitriles is 1. The molecule has 104 valence electrons. The van der Waals surface area contributed by atoms with Crippen molar-refractivity contribution in [3.63, 3.8) is 0 Å². The van der Waals surface area contributed by atoms with Crippen LogP contribution in [0.3, 0.4) is 0 Å². The molecular weight excluding hydrogens is 336 g/mol. The predicted octanol–water partition coefficient (Wildman–Crippen LogP) is 3.93. The fourth-order valence-electron chi connectivity index (χ4n) is 2.12. The maximum atomic E-state index is 11.9. The summed E-state index contributed by atoms with van der Waals surface area (Å²) in [5.41, 5.74) is 1.68.